The van der Waals surface area contributed by atoms with Gasteiger partial charge >= 0.3 is 5.97 Å². The van der Waals surface area contributed by atoms with Crippen LogP contribution in [-0.2, 0) is 14.3 Å². The molecule has 19 heavy (non-hydrogen) atoms. The van der Waals surface area contributed by atoms with Crippen LogP contribution in [0.5, 0.6) is 0 Å². The van der Waals surface area contributed by atoms with Crippen LogP contribution >= 0.6 is 0 Å². The van der Waals surface area contributed by atoms with Gasteiger partial charge in [-0.05, 0) is 13.3 Å². The summed E-state index contributed by atoms with van der Waals surface area (Å²) in [5.41, 5.74) is 0. The van der Waals surface area contributed by atoms with Gasteiger partial charge in [-0.1, -0.05) is 0 Å². The lowest BCUT2D eigenvalue weighted by Crippen LogP contribution is -2.49. The Morgan fingerprint density at radius 1 is 1.16 bits per heavy atom. The van der Waals surface area contributed by atoms with Gasteiger partial charge in [0.25, 0.3) is 0 Å². The van der Waals surface area contributed by atoms with Gasteiger partial charge in [-0.2, -0.15) is 0 Å². The standard InChI is InChI=1S/C13H24N2O4/c1-2-19-11-3-4-12(16)15-9-7-14(8-10-15)6-5-13(17)18/h2-11H2,1H3,(H,17,18). The second-order valence-corrected chi connectivity index (χ2v) is 4.67. The van der Waals surface area contributed by atoms with Crippen molar-refractivity contribution in [3.8, 4) is 0 Å². The van der Waals surface area contributed by atoms with Crippen LogP contribution in [0.3, 0.4) is 0 Å². The number of hydrogen-bond acceptors (Lipinski definition) is 4. The summed E-state index contributed by atoms with van der Waals surface area (Å²) in [7, 11) is 0. The van der Waals surface area contributed by atoms with Crippen LogP contribution in [0.4, 0.5) is 0 Å². The number of ether oxygens (including phenoxy) is 1. The third-order valence-electron chi connectivity index (χ3n) is 3.25. The van der Waals surface area contributed by atoms with E-state index >= 15 is 0 Å². The average Bonchev–Trinajstić information content (AvgIpc) is 2.41. The second kappa shape index (κ2) is 8.87. The number of carboxylic acids is 1. The number of amides is 1. The third kappa shape index (κ3) is 6.54. The lowest BCUT2D eigenvalue weighted by Gasteiger charge is -2.34. The van der Waals surface area contributed by atoms with Crippen LogP contribution in [0.15, 0.2) is 0 Å². The molecule has 1 amide bonds. The van der Waals surface area contributed by atoms with E-state index in [-0.39, 0.29) is 12.3 Å². The first-order valence-corrected chi connectivity index (χ1v) is 6.93. The van der Waals surface area contributed by atoms with Crippen LogP contribution in [0, 0.1) is 0 Å². The number of carboxylic acid groups (broad SMARTS) is 1. The van der Waals surface area contributed by atoms with Crippen molar-refractivity contribution in [3.63, 3.8) is 0 Å². The average molecular weight is 272 g/mol. The summed E-state index contributed by atoms with van der Waals surface area (Å²) in [5.74, 6) is -0.591. The SMILES string of the molecule is CCOCCCC(=O)N1CCN(CCC(=O)O)CC1. The summed E-state index contributed by atoms with van der Waals surface area (Å²) in [5, 5.41) is 8.62. The van der Waals surface area contributed by atoms with Gasteiger partial charge in [-0.25, -0.2) is 0 Å². The van der Waals surface area contributed by atoms with Gasteiger partial charge in [0.1, 0.15) is 0 Å². The molecule has 0 saturated carbocycles. The molecule has 0 atom stereocenters. The number of piperazine rings is 1. The van der Waals surface area contributed by atoms with Crippen molar-refractivity contribution < 1.29 is 19.4 Å². The lowest BCUT2D eigenvalue weighted by atomic mass is 10.2. The van der Waals surface area contributed by atoms with Crippen molar-refractivity contribution in [1.29, 1.82) is 0 Å². The van der Waals surface area contributed by atoms with Gasteiger partial charge in [0, 0.05) is 52.4 Å². The third-order valence-corrected chi connectivity index (χ3v) is 3.25. The molecule has 0 unspecified atom stereocenters. The molecule has 6 nitrogen and oxygen atoms in total. The number of carbonyl (C=O) groups is 2. The molecule has 0 radical (unpaired) electrons. The van der Waals surface area contributed by atoms with Crippen molar-refractivity contribution in [2.24, 2.45) is 0 Å². The highest BCUT2D eigenvalue weighted by Crippen LogP contribution is 2.06. The minimum absolute atomic E-state index is 0.169. The Bertz CT molecular complexity index is 288. The first-order valence-electron chi connectivity index (χ1n) is 6.93. The molecule has 1 fully saturated rings. The molecule has 0 aromatic heterocycles. The Labute approximate surface area is 114 Å². The maximum Gasteiger partial charge on any atom is 0.304 e. The summed E-state index contributed by atoms with van der Waals surface area (Å²) in [6.45, 7) is 6.78. The van der Waals surface area contributed by atoms with Crippen molar-refractivity contribution in [1.82, 2.24) is 9.80 Å². The largest absolute Gasteiger partial charge is 0.481 e. The van der Waals surface area contributed by atoms with Crippen molar-refractivity contribution >= 4 is 11.9 Å². The van der Waals surface area contributed by atoms with Gasteiger partial charge in [0.2, 0.25) is 5.91 Å². The van der Waals surface area contributed by atoms with E-state index in [2.05, 4.69) is 4.90 Å². The summed E-state index contributed by atoms with van der Waals surface area (Å²) in [4.78, 5) is 26.3. The quantitative estimate of drug-likeness (QED) is 0.649. The summed E-state index contributed by atoms with van der Waals surface area (Å²) >= 11 is 0. The van der Waals surface area contributed by atoms with Crippen LogP contribution in [0.1, 0.15) is 26.2 Å². The van der Waals surface area contributed by atoms with E-state index < -0.39 is 5.97 Å². The molecule has 1 saturated heterocycles. The number of nitrogens with zero attached hydrogens (tertiary/aromatic N) is 2. The highest BCUT2D eigenvalue weighted by molar-refractivity contribution is 5.76. The van der Waals surface area contributed by atoms with Crippen molar-refractivity contribution in [2.45, 2.75) is 26.2 Å². The van der Waals surface area contributed by atoms with E-state index in [0.717, 1.165) is 19.5 Å². The smallest absolute Gasteiger partial charge is 0.304 e. The lowest BCUT2D eigenvalue weighted by molar-refractivity contribution is -0.138. The Kier molecular flexibility index (Phi) is 7.43. The van der Waals surface area contributed by atoms with Crippen LogP contribution in [0.25, 0.3) is 0 Å². The molecule has 0 spiro atoms. The molecule has 1 heterocycles. The molecular weight excluding hydrogens is 248 g/mol. The molecule has 1 aliphatic rings. The molecule has 0 bridgehead atoms. The minimum atomic E-state index is -0.769. The van der Waals surface area contributed by atoms with Crippen LogP contribution in [0.2, 0.25) is 0 Å². The molecule has 1 N–H and O–H groups in total. The van der Waals surface area contributed by atoms with Crippen molar-refractivity contribution in [3.05, 3.63) is 0 Å². The monoisotopic (exact) mass is 272 g/mol. The topological polar surface area (TPSA) is 70.1 Å². The first kappa shape index (κ1) is 15.9. The highest BCUT2D eigenvalue weighted by Gasteiger charge is 2.20. The Morgan fingerprint density at radius 3 is 2.42 bits per heavy atom. The molecule has 0 aliphatic carbocycles. The van der Waals surface area contributed by atoms with Gasteiger partial charge < -0.3 is 14.7 Å². The van der Waals surface area contributed by atoms with Gasteiger partial charge in [-0.15, -0.1) is 0 Å². The number of hydrogen-bond donors (Lipinski definition) is 1. The van der Waals surface area contributed by atoms with E-state index in [4.69, 9.17) is 9.84 Å². The highest BCUT2D eigenvalue weighted by atomic mass is 16.5. The number of rotatable bonds is 8. The number of aliphatic carboxylic acids is 1. The van der Waals surface area contributed by atoms with Crippen LogP contribution in [-0.4, -0.2) is 72.7 Å². The molecule has 1 aliphatic heterocycles. The maximum absolute atomic E-state index is 11.9. The summed E-state index contributed by atoms with van der Waals surface area (Å²) in [6, 6.07) is 0. The Morgan fingerprint density at radius 2 is 1.84 bits per heavy atom. The zero-order chi connectivity index (χ0) is 14.1. The van der Waals surface area contributed by atoms with Gasteiger partial charge in [-0.3, -0.25) is 14.5 Å². The van der Waals surface area contributed by atoms with Crippen LogP contribution < -0.4 is 0 Å². The Hall–Kier alpha value is -1.14. The summed E-state index contributed by atoms with van der Waals surface area (Å²) < 4.78 is 5.21. The fourth-order valence-electron chi connectivity index (χ4n) is 2.10. The maximum atomic E-state index is 11.9. The predicted octanol–water partition coefficient (Wildman–Crippen LogP) is 0.422. The summed E-state index contributed by atoms with van der Waals surface area (Å²) in [6.07, 6.45) is 1.48. The van der Waals surface area contributed by atoms with E-state index in [9.17, 15) is 9.59 Å². The van der Waals surface area contributed by atoms with Gasteiger partial charge in [0.05, 0.1) is 6.42 Å². The molecule has 110 valence electrons. The van der Waals surface area contributed by atoms with E-state index in [0.29, 0.717) is 39.3 Å². The number of carbonyl (C=O) groups excluding carboxylic acids is 1. The fourth-order valence-corrected chi connectivity index (χ4v) is 2.10. The zero-order valence-corrected chi connectivity index (χ0v) is 11.6. The predicted molar refractivity (Wildman–Crippen MR) is 71.0 cm³/mol. The molecule has 0 aromatic carbocycles. The molecule has 1 rings (SSSR count). The molecule has 6 heteroatoms. The minimum Gasteiger partial charge on any atom is -0.481 e. The first-order chi connectivity index (χ1) is 9.13. The second-order valence-electron chi connectivity index (χ2n) is 4.67. The molecule has 0 aromatic rings. The van der Waals surface area contributed by atoms with Crippen molar-refractivity contribution in [2.75, 3.05) is 45.9 Å². The van der Waals surface area contributed by atoms with E-state index in [1.54, 1.807) is 0 Å². The molecular formula is C13H24N2O4. The normalized spacial score (nSPS) is 16.6. The zero-order valence-electron chi connectivity index (χ0n) is 11.6. The van der Waals surface area contributed by atoms with E-state index in [1.807, 2.05) is 11.8 Å². The fraction of sp³-hybridized carbons (Fsp3) is 0.846. The van der Waals surface area contributed by atoms with Gasteiger partial charge in [0.15, 0.2) is 0 Å². The van der Waals surface area contributed by atoms with E-state index in [1.165, 1.54) is 0 Å². The Balaban J connectivity index is 2.14.